The van der Waals surface area contributed by atoms with Crippen molar-refractivity contribution >= 4 is 39.8 Å². The number of alkyl halides is 5. The molecular weight excluding hydrogens is 592 g/mol. The van der Waals surface area contributed by atoms with Crippen molar-refractivity contribution < 1.29 is 35.2 Å². The summed E-state index contributed by atoms with van der Waals surface area (Å²) in [5.74, 6) is -3.31. The molecular formula is C23H28Cl2F5N5O3S. The van der Waals surface area contributed by atoms with Gasteiger partial charge in [0, 0.05) is 63.6 Å². The van der Waals surface area contributed by atoms with Crippen LogP contribution in [0, 0.1) is 0 Å². The Labute approximate surface area is 233 Å². The number of carbonyl (C=O) groups excluding carboxylic acids is 1. The first-order chi connectivity index (χ1) is 17.6. The van der Waals surface area contributed by atoms with Crippen molar-refractivity contribution in [2.24, 2.45) is 7.05 Å². The van der Waals surface area contributed by atoms with Crippen molar-refractivity contribution in [3.05, 3.63) is 40.5 Å². The third-order valence-corrected chi connectivity index (χ3v) is 9.50. The lowest BCUT2D eigenvalue weighted by molar-refractivity contribution is -0.137. The SMILES string of the molecule is Cl.Cn1cc(S(=O)(=O)N2CCN(C3(CCC(=O)c4ccc(C(F)(F)F)cc4Cl)CCC(F)(F)CC3)CC2)nn1. The zero-order chi connectivity index (χ0) is 27.9. The third kappa shape index (κ3) is 6.89. The highest BCUT2D eigenvalue weighted by molar-refractivity contribution is 7.89. The van der Waals surface area contributed by atoms with Crippen LogP contribution in [0.3, 0.4) is 0 Å². The minimum Gasteiger partial charge on any atom is -0.295 e. The van der Waals surface area contributed by atoms with Crippen LogP contribution in [0.1, 0.15) is 54.4 Å². The van der Waals surface area contributed by atoms with Crippen LogP contribution >= 0.6 is 24.0 Å². The Morgan fingerprint density at radius 3 is 2.21 bits per heavy atom. The summed E-state index contributed by atoms with van der Waals surface area (Å²) in [5, 5.41) is 6.84. The molecule has 2 fully saturated rings. The molecule has 1 saturated heterocycles. The number of halogens is 7. The molecule has 0 N–H and O–H groups in total. The van der Waals surface area contributed by atoms with E-state index >= 15 is 0 Å². The minimum absolute atomic E-state index is 0. The zero-order valence-electron chi connectivity index (χ0n) is 20.9. The second-order valence-electron chi connectivity index (χ2n) is 9.82. The van der Waals surface area contributed by atoms with Gasteiger partial charge in [-0.05, 0) is 37.5 Å². The summed E-state index contributed by atoms with van der Waals surface area (Å²) in [6.45, 7) is 0.742. The molecule has 0 amide bonds. The van der Waals surface area contributed by atoms with Crippen molar-refractivity contribution in [2.45, 2.75) is 61.2 Å². The van der Waals surface area contributed by atoms with Crippen molar-refractivity contribution in [3.63, 3.8) is 0 Å². The Hall–Kier alpha value is -1.87. The van der Waals surface area contributed by atoms with E-state index in [0.29, 0.717) is 6.07 Å². The smallest absolute Gasteiger partial charge is 0.295 e. The summed E-state index contributed by atoms with van der Waals surface area (Å²) in [4.78, 5) is 14.9. The van der Waals surface area contributed by atoms with Gasteiger partial charge in [0.2, 0.25) is 10.9 Å². The van der Waals surface area contributed by atoms with Crippen LogP contribution in [0.25, 0.3) is 0 Å². The molecule has 2 aromatic rings. The average Bonchev–Trinajstić information content (AvgIpc) is 3.30. The van der Waals surface area contributed by atoms with Crippen LogP contribution in [-0.4, -0.2) is 76.0 Å². The third-order valence-electron chi connectivity index (χ3n) is 7.42. The van der Waals surface area contributed by atoms with E-state index in [-0.39, 0.29) is 92.7 Å². The molecule has 1 aliphatic heterocycles. The molecule has 39 heavy (non-hydrogen) atoms. The molecule has 2 aliphatic rings. The Balaban J connectivity index is 0.00000420. The lowest BCUT2D eigenvalue weighted by Gasteiger charge is -2.50. The number of hydrogen-bond donors (Lipinski definition) is 0. The van der Waals surface area contributed by atoms with E-state index in [2.05, 4.69) is 10.3 Å². The Kier molecular flexibility index (Phi) is 9.38. The van der Waals surface area contributed by atoms with E-state index in [1.165, 1.54) is 15.2 Å². The van der Waals surface area contributed by atoms with E-state index < -0.39 is 39.0 Å². The number of rotatable bonds is 7. The van der Waals surface area contributed by atoms with E-state index in [1.807, 2.05) is 4.90 Å². The molecule has 1 saturated carbocycles. The maximum Gasteiger partial charge on any atom is 0.416 e. The largest absolute Gasteiger partial charge is 0.416 e. The first-order valence-corrected chi connectivity index (χ1v) is 13.8. The Bertz CT molecular complexity index is 1290. The first-order valence-electron chi connectivity index (χ1n) is 12.0. The number of aromatic nitrogens is 3. The van der Waals surface area contributed by atoms with Crippen LogP contribution in [0.2, 0.25) is 5.02 Å². The number of carbonyl (C=O) groups is 1. The van der Waals surface area contributed by atoms with Gasteiger partial charge in [-0.3, -0.25) is 14.4 Å². The molecule has 4 rings (SSSR count). The van der Waals surface area contributed by atoms with Crippen molar-refractivity contribution in [1.82, 2.24) is 24.2 Å². The van der Waals surface area contributed by atoms with Gasteiger partial charge in [-0.15, -0.1) is 17.5 Å². The second kappa shape index (κ2) is 11.6. The maximum atomic E-state index is 14.1. The van der Waals surface area contributed by atoms with Gasteiger partial charge in [0.25, 0.3) is 10.0 Å². The quantitative estimate of drug-likeness (QED) is 0.326. The van der Waals surface area contributed by atoms with Gasteiger partial charge in [0.1, 0.15) is 0 Å². The van der Waals surface area contributed by atoms with Gasteiger partial charge in [-0.25, -0.2) is 17.2 Å². The van der Waals surface area contributed by atoms with Gasteiger partial charge >= 0.3 is 6.18 Å². The van der Waals surface area contributed by atoms with Gasteiger partial charge in [-0.1, -0.05) is 16.8 Å². The number of Topliss-reactive ketones (excluding diaryl/α,β-unsaturated/α-hetero) is 1. The summed E-state index contributed by atoms with van der Waals surface area (Å²) in [6.07, 6.45) is -3.77. The van der Waals surface area contributed by atoms with Crippen LogP contribution in [-0.2, 0) is 23.2 Å². The fourth-order valence-corrected chi connectivity index (χ4v) is 6.80. The van der Waals surface area contributed by atoms with Gasteiger partial charge in [0.15, 0.2) is 5.78 Å². The molecule has 0 spiro atoms. The van der Waals surface area contributed by atoms with Crippen molar-refractivity contribution in [3.8, 4) is 0 Å². The molecule has 0 radical (unpaired) electrons. The number of nitrogens with zero attached hydrogens (tertiary/aromatic N) is 5. The summed E-state index contributed by atoms with van der Waals surface area (Å²) < 4.78 is 95.4. The molecule has 0 bridgehead atoms. The monoisotopic (exact) mass is 619 g/mol. The fourth-order valence-electron chi connectivity index (χ4n) is 5.18. The summed E-state index contributed by atoms with van der Waals surface area (Å²) >= 11 is 5.98. The van der Waals surface area contributed by atoms with E-state index in [9.17, 15) is 35.2 Å². The van der Waals surface area contributed by atoms with Crippen LogP contribution in [0.15, 0.2) is 29.4 Å². The topological polar surface area (TPSA) is 88.4 Å². The summed E-state index contributed by atoms with van der Waals surface area (Å²) in [6, 6.07) is 2.51. The first kappa shape index (κ1) is 31.7. The van der Waals surface area contributed by atoms with E-state index in [1.54, 1.807) is 7.05 Å². The number of benzene rings is 1. The highest BCUT2D eigenvalue weighted by Crippen LogP contribution is 2.45. The summed E-state index contributed by atoms with van der Waals surface area (Å²) in [5.41, 5.74) is -1.81. The maximum absolute atomic E-state index is 14.1. The second-order valence-corrected chi connectivity index (χ2v) is 12.1. The van der Waals surface area contributed by atoms with Gasteiger partial charge in [-0.2, -0.15) is 17.5 Å². The molecule has 1 aromatic heterocycles. The lowest BCUT2D eigenvalue weighted by atomic mass is 9.74. The molecule has 0 unspecified atom stereocenters. The molecule has 0 atom stereocenters. The molecule has 218 valence electrons. The van der Waals surface area contributed by atoms with E-state index in [4.69, 9.17) is 11.6 Å². The van der Waals surface area contributed by atoms with E-state index in [0.717, 1.165) is 12.1 Å². The van der Waals surface area contributed by atoms with Crippen molar-refractivity contribution in [1.29, 1.82) is 0 Å². The highest BCUT2D eigenvalue weighted by atomic mass is 35.5. The number of piperazine rings is 1. The Morgan fingerprint density at radius 2 is 1.69 bits per heavy atom. The molecule has 2 heterocycles. The number of hydrogen-bond acceptors (Lipinski definition) is 6. The molecule has 1 aromatic carbocycles. The highest BCUT2D eigenvalue weighted by Gasteiger charge is 2.47. The standard InChI is InChI=1S/C23H27ClF5N5O3S.ClH/c1-32-15-20(30-31-32)38(36,37)34-12-10-33(11-13-34)21(6-8-22(25,26)9-7-21)5-4-19(35)17-3-2-16(14-18(17)24)23(27,28)29;/h2-3,14-15H,4-13H2,1H3;1H. The number of aryl methyl sites for hydroxylation is 1. The normalized spacial score (nSPS) is 20.4. The number of sulfonamides is 1. The zero-order valence-corrected chi connectivity index (χ0v) is 23.3. The fraction of sp³-hybridized carbons (Fsp3) is 0.609. The lowest BCUT2D eigenvalue weighted by Crippen LogP contribution is -2.59. The molecule has 16 heteroatoms. The van der Waals surface area contributed by atoms with Gasteiger partial charge in [0.05, 0.1) is 16.8 Å². The Morgan fingerprint density at radius 1 is 1.08 bits per heavy atom. The van der Waals surface area contributed by atoms with Crippen LogP contribution < -0.4 is 0 Å². The van der Waals surface area contributed by atoms with Gasteiger partial charge < -0.3 is 0 Å². The molecule has 1 aliphatic carbocycles. The minimum atomic E-state index is -4.61. The number of ketones is 1. The summed E-state index contributed by atoms with van der Waals surface area (Å²) in [7, 11) is -2.32. The average molecular weight is 620 g/mol. The van der Waals surface area contributed by atoms with Crippen molar-refractivity contribution in [2.75, 3.05) is 26.2 Å². The predicted octanol–water partition coefficient (Wildman–Crippen LogP) is 4.83. The molecule has 8 nitrogen and oxygen atoms in total. The predicted molar refractivity (Wildman–Crippen MR) is 135 cm³/mol. The van der Waals surface area contributed by atoms with Crippen LogP contribution in [0.5, 0.6) is 0 Å². The van der Waals surface area contributed by atoms with Crippen LogP contribution in [0.4, 0.5) is 22.0 Å².